The first kappa shape index (κ1) is 16.6. The molecule has 24 heavy (non-hydrogen) atoms. The summed E-state index contributed by atoms with van der Waals surface area (Å²) >= 11 is 0. The second kappa shape index (κ2) is 7.55. The number of aromatic nitrogens is 3. The molecule has 3 heterocycles. The van der Waals surface area contributed by atoms with Crippen LogP contribution < -0.4 is 5.32 Å². The van der Waals surface area contributed by atoms with E-state index >= 15 is 0 Å². The van der Waals surface area contributed by atoms with Crippen LogP contribution in [0.5, 0.6) is 0 Å². The van der Waals surface area contributed by atoms with Gasteiger partial charge in [0.15, 0.2) is 0 Å². The fraction of sp³-hybridized carbons (Fsp3) is 0.471. The third kappa shape index (κ3) is 3.98. The summed E-state index contributed by atoms with van der Waals surface area (Å²) in [7, 11) is 0. The van der Waals surface area contributed by atoms with Gasteiger partial charge in [-0.05, 0) is 26.3 Å². The highest BCUT2D eigenvalue weighted by Crippen LogP contribution is 2.13. The van der Waals surface area contributed by atoms with Gasteiger partial charge in [0.1, 0.15) is 11.8 Å². The standard InChI is InChI=1S/C17H22N4O3/c1-12(2)4-9-24-15-11-23-8-5-13(15)19-16(22)14-10-21-7-3-6-18-17(21)20-14/h3-4,6-7,10,13,15H,5,8-9,11H2,1-2H3,(H,19,22)/t13-,15-/m1/s1. The molecule has 128 valence electrons. The Hall–Kier alpha value is -2.25. The van der Waals surface area contributed by atoms with Crippen molar-refractivity contribution in [3.8, 4) is 0 Å². The Labute approximate surface area is 140 Å². The molecule has 0 bridgehead atoms. The van der Waals surface area contributed by atoms with Crippen molar-refractivity contribution in [2.45, 2.75) is 32.4 Å². The Balaban J connectivity index is 1.65. The van der Waals surface area contributed by atoms with Gasteiger partial charge in [-0.1, -0.05) is 11.6 Å². The topological polar surface area (TPSA) is 77.8 Å². The predicted octanol–water partition coefficient (Wildman–Crippen LogP) is 1.60. The van der Waals surface area contributed by atoms with E-state index < -0.39 is 0 Å². The van der Waals surface area contributed by atoms with E-state index in [2.05, 4.69) is 15.3 Å². The summed E-state index contributed by atoms with van der Waals surface area (Å²) in [5, 5.41) is 3.02. The summed E-state index contributed by atoms with van der Waals surface area (Å²) in [4.78, 5) is 20.9. The van der Waals surface area contributed by atoms with Crippen molar-refractivity contribution >= 4 is 11.7 Å². The first-order valence-corrected chi connectivity index (χ1v) is 8.07. The molecule has 2 aromatic heterocycles. The van der Waals surface area contributed by atoms with Crippen molar-refractivity contribution in [1.29, 1.82) is 0 Å². The second-order valence-electron chi connectivity index (χ2n) is 6.05. The van der Waals surface area contributed by atoms with Gasteiger partial charge >= 0.3 is 0 Å². The molecule has 0 saturated carbocycles. The minimum absolute atomic E-state index is 0.0883. The van der Waals surface area contributed by atoms with Crippen LogP contribution in [0.1, 0.15) is 30.8 Å². The Morgan fingerprint density at radius 1 is 1.54 bits per heavy atom. The number of nitrogens with zero attached hydrogens (tertiary/aromatic N) is 3. The molecular weight excluding hydrogens is 308 g/mol. The van der Waals surface area contributed by atoms with Crippen molar-refractivity contribution in [3.05, 3.63) is 42.0 Å². The maximum atomic E-state index is 12.5. The Kier molecular flexibility index (Phi) is 5.22. The third-order valence-electron chi connectivity index (χ3n) is 3.89. The number of allylic oxidation sites excluding steroid dienone is 1. The van der Waals surface area contributed by atoms with Gasteiger partial charge in [-0.25, -0.2) is 9.97 Å². The van der Waals surface area contributed by atoms with Crippen LogP contribution in [0, 0.1) is 0 Å². The number of imidazole rings is 1. The minimum atomic E-state index is -0.219. The molecular formula is C17H22N4O3. The maximum Gasteiger partial charge on any atom is 0.271 e. The molecule has 1 aliphatic rings. The van der Waals surface area contributed by atoms with E-state index in [1.807, 2.05) is 26.1 Å². The molecule has 7 nitrogen and oxygen atoms in total. The summed E-state index contributed by atoms with van der Waals surface area (Å²) in [6, 6.07) is 1.71. The fourth-order valence-corrected chi connectivity index (χ4v) is 2.56. The number of carbonyl (C=O) groups is 1. The second-order valence-corrected chi connectivity index (χ2v) is 6.05. The first-order valence-electron chi connectivity index (χ1n) is 8.07. The van der Waals surface area contributed by atoms with Crippen LogP contribution in [0.15, 0.2) is 36.3 Å². The molecule has 1 aliphatic heterocycles. The van der Waals surface area contributed by atoms with Crippen molar-refractivity contribution < 1.29 is 14.3 Å². The van der Waals surface area contributed by atoms with Gasteiger partial charge in [0, 0.05) is 25.2 Å². The summed E-state index contributed by atoms with van der Waals surface area (Å²) < 4.78 is 13.1. The van der Waals surface area contributed by atoms with Crippen LogP contribution in [0.2, 0.25) is 0 Å². The normalized spacial score (nSPS) is 20.8. The van der Waals surface area contributed by atoms with E-state index in [1.54, 1.807) is 22.9 Å². The lowest BCUT2D eigenvalue weighted by molar-refractivity contribution is -0.0589. The first-order chi connectivity index (χ1) is 11.6. The summed E-state index contributed by atoms with van der Waals surface area (Å²) in [5.74, 6) is 0.286. The average Bonchev–Trinajstić information content (AvgIpc) is 3.00. The number of rotatable bonds is 5. The molecule has 2 aromatic rings. The average molecular weight is 330 g/mol. The highest BCUT2D eigenvalue weighted by Gasteiger charge is 2.28. The largest absolute Gasteiger partial charge is 0.379 e. The molecule has 1 saturated heterocycles. The number of hydrogen-bond donors (Lipinski definition) is 1. The van der Waals surface area contributed by atoms with Crippen molar-refractivity contribution in [2.75, 3.05) is 19.8 Å². The molecule has 0 aliphatic carbocycles. The number of nitrogens with one attached hydrogen (secondary N) is 1. The molecule has 7 heteroatoms. The Morgan fingerprint density at radius 2 is 2.42 bits per heavy atom. The fourth-order valence-electron chi connectivity index (χ4n) is 2.56. The third-order valence-corrected chi connectivity index (χ3v) is 3.89. The predicted molar refractivity (Wildman–Crippen MR) is 88.8 cm³/mol. The lowest BCUT2D eigenvalue weighted by atomic mass is 10.1. The zero-order valence-electron chi connectivity index (χ0n) is 13.9. The van der Waals surface area contributed by atoms with E-state index in [0.717, 1.165) is 6.42 Å². The molecule has 2 atom stereocenters. The lowest BCUT2D eigenvalue weighted by Crippen LogP contribution is -2.50. The van der Waals surface area contributed by atoms with Crippen LogP contribution in [-0.2, 0) is 9.47 Å². The van der Waals surface area contributed by atoms with Gasteiger partial charge in [-0.15, -0.1) is 0 Å². The number of amides is 1. The summed E-state index contributed by atoms with van der Waals surface area (Å²) in [6.45, 7) is 5.66. The zero-order valence-corrected chi connectivity index (χ0v) is 13.9. The van der Waals surface area contributed by atoms with E-state index in [4.69, 9.17) is 9.47 Å². The van der Waals surface area contributed by atoms with Gasteiger partial charge in [0.25, 0.3) is 5.91 Å². The van der Waals surface area contributed by atoms with Gasteiger partial charge in [-0.3, -0.25) is 9.20 Å². The number of ether oxygens (including phenoxy) is 2. The van der Waals surface area contributed by atoms with Crippen molar-refractivity contribution in [2.24, 2.45) is 0 Å². The molecule has 0 radical (unpaired) electrons. The van der Waals surface area contributed by atoms with Crippen LogP contribution in [0.25, 0.3) is 5.78 Å². The maximum absolute atomic E-state index is 12.5. The molecule has 3 rings (SSSR count). The van der Waals surface area contributed by atoms with Crippen LogP contribution >= 0.6 is 0 Å². The number of carbonyl (C=O) groups excluding carboxylic acids is 1. The Morgan fingerprint density at radius 3 is 3.21 bits per heavy atom. The summed E-state index contributed by atoms with van der Waals surface area (Å²) in [6.07, 6.45) is 7.71. The van der Waals surface area contributed by atoms with Crippen molar-refractivity contribution in [3.63, 3.8) is 0 Å². The smallest absolute Gasteiger partial charge is 0.271 e. The van der Waals surface area contributed by atoms with E-state index in [-0.39, 0.29) is 18.1 Å². The van der Waals surface area contributed by atoms with Gasteiger partial charge in [0.05, 0.1) is 19.3 Å². The number of fused-ring (bicyclic) bond motifs is 1. The van der Waals surface area contributed by atoms with Crippen LogP contribution in [0.3, 0.4) is 0 Å². The molecule has 0 spiro atoms. The molecule has 1 fully saturated rings. The zero-order chi connectivity index (χ0) is 16.9. The Bertz CT molecular complexity index is 703. The van der Waals surface area contributed by atoms with E-state index in [9.17, 15) is 4.79 Å². The SMILES string of the molecule is CC(C)=CCO[C@@H]1COCC[C@H]1NC(=O)c1cn2cccnc2n1. The molecule has 1 N–H and O–H groups in total. The van der Waals surface area contributed by atoms with E-state index in [0.29, 0.717) is 31.3 Å². The van der Waals surface area contributed by atoms with Gasteiger partial charge < -0.3 is 14.8 Å². The van der Waals surface area contributed by atoms with Crippen molar-refractivity contribution in [1.82, 2.24) is 19.7 Å². The molecule has 0 unspecified atom stereocenters. The van der Waals surface area contributed by atoms with Gasteiger partial charge in [0.2, 0.25) is 5.78 Å². The van der Waals surface area contributed by atoms with Crippen LogP contribution in [0.4, 0.5) is 0 Å². The van der Waals surface area contributed by atoms with Gasteiger partial charge in [-0.2, -0.15) is 0 Å². The number of hydrogen-bond acceptors (Lipinski definition) is 5. The lowest BCUT2D eigenvalue weighted by Gasteiger charge is -2.31. The highest BCUT2D eigenvalue weighted by atomic mass is 16.5. The molecule has 0 aromatic carbocycles. The summed E-state index contributed by atoms with van der Waals surface area (Å²) in [5.41, 5.74) is 1.55. The van der Waals surface area contributed by atoms with Crippen LogP contribution in [-0.4, -0.2) is 52.2 Å². The van der Waals surface area contributed by atoms with E-state index in [1.165, 1.54) is 5.57 Å². The molecule has 1 amide bonds. The monoisotopic (exact) mass is 330 g/mol. The quantitative estimate of drug-likeness (QED) is 0.843. The highest BCUT2D eigenvalue weighted by molar-refractivity contribution is 5.93. The minimum Gasteiger partial charge on any atom is -0.379 e.